The Labute approximate surface area is 98.1 Å². The van der Waals surface area contributed by atoms with E-state index in [2.05, 4.69) is 15.3 Å². The second-order valence-corrected chi connectivity index (χ2v) is 3.49. The van der Waals surface area contributed by atoms with E-state index >= 15 is 0 Å². The van der Waals surface area contributed by atoms with E-state index in [4.69, 9.17) is 5.26 Å². The molecular weight excluding hydrogens is 216 g/mol. The Morgan fingerprint density at radius 2 is 2.41 bits per heavy atom. The summed E-state index contributed by atoms with van der Waals surface area (Å²) in [4.78, 5) is 18.3. The van der Waals surface area contributed by atoms with Gasteiger partial charge in [-0.05, 0) is 18.2 Å². The molecule has 1 heterocycles. The summed E-state index contributed by atoms with van der Waals surface area (Å²) < 4.78 is 0. The van der Waals surface area contributed by atoms with E-state index in [1.165, 1.54) is 6.33 Å². The predicted octanol–water partition coefficient (Wildman–Crippen LogP) is 1.46. The summed E-state index contributed by atoms with van der Waals surface area (Å²) in [5.74, 6) is -0.149. The fraction of sp³-hybridized carbons (Fsp3) is 0.0833. The summed E-state index contributed by atoms with van der Waals surface area (Å²) in [6.07, 6.45) is 3.36. The number of benzene rings is 1. The molecule has 2 N–H and O–H groups in total. The van der Waals surface area contributed by atoms with Gasteiger partial charge in [-0.1, -0.05) is 6.07 Å². The van der Waals surface area contributed by atoms with Crippen molar-refractivity contribution in [1.29, 1.82) is 5.26 Å². The Balaban J connectivity index is 2.01. The minimum Gasteiger partial charge on any atom is -0.348 e. The minimum absolute atomic E-state index is 0.149. The van der Waals surface area contributed by atoms with Gasteiger partial charge in [-0.25, -0.2) is 4.98 Å². The molecule has 0 atom stereocenters. The smallest absolute Gasteiger partial charge is 0.230 e. The molecule has 0 spiro atoms. The summed E-state index contributed by atoms with van der Waals surface area (Å²) in [7, 11) is 0. The van der Waals surface area contributed by atoms with E-state index in [9.17, 15) is 4.79 Å². The average Bonchev–Trinajstić information content (AvgIpc) is 2.82. The van der Waals surface area contributed by atoms with Crippen LogP contribution in [0.2, 0.25) is 0 Å². The Bertz CT molecular complexity index is 554. The first-order valence-corrected chi connectivity index (χ1v) is 5.05. The normalized spacial score (nSPS) is 9.59. The van der Waals surface area contributed by atoms with Crippen LogP contribution in [-0.4, -0.2) is 15.9 Å². The van der Waals surface area contributed by atoms with Crippen LogP contribution in [0.25, 0.3) is 0 Å². The molecule has 5 nitrogen and oxygen atoms in total. The van der Waals surface area contributed by atoms with Crippen LogP contribution in [0.4, 0.5) is 5.69 Å². The summed E-state index contributed by atoms with van der Waals surface area (Å²) in [5.41, 5.74) is 1.89. The van der Waals surface area contributed by atoms with Crippen molar-refractivity contribution in [2.45, 2.75) is 6.42 Å². The third-order valence-electron chi connectivity index (χ3n) is 2.18. The predicted molar refractivity (Wildman–Crippen MR) is 62.1 cm³/mol. The highest BCUT2D eigenvalue weighted by Gasteiger charge is 2.05. The van der Waals surface area contributed by atoms with Gasteiger partial charge in [-0.15, -0.1) is 0 Å². The number of carbonyl (C=O) groups excluding carboxylic acids is 1. The van der Waals surface area contributed by atoms with E-state index in [0.717, 1.165) is 5.69 Å². The Kier molecular flexibility index (Phi) is 3.17. The zero-order valence-electron chi connectivity index (χ0n) is 8.97. The first-order chi connectivity index (χ1) is 8.28. The Hall–Kier alpha value is -2.61. The number of nitrogens with zero attached hydrogens (tertiary/aromatic N) is 2. The maximum Gasteiger partial charge on any atom is 0.230 e. The number of hydrogen-bond donors (Lipinski definition) is 2. The summed E-state index contributed by atoms with van der Waals surface area (Å²) in [6, 6.07) is 8.80. The van der Waals surface area contributed by atoms with Crippen LogP contribution >= 0.6 is 0 Å². The number of aromatic amines is 1. The Morgan fingerprint density at radius 3 is 3.12 bits per heavy atom. The maximum absolute atomic E-state index is 11.6. The molecule has 2 aromatic rings. The first kappa shape index (κ1) is 10.9. The zero-order chi connectivity index (χ0) is 12.1. The largest absolute Gasteiger partial charge is 0.348 e. The lowest BCUT2D eigenvalue weighted by atomic mass is 10.2. The Morgan fingerprint density at radius 1 is 1.53 bits per heavy atom. The highest BCUT2D eigenvalue weighted by Crippen LogP contribution is 2.10. The number of amides is 1. The van der Waals surface area contributed by atoms with Crippen LogP contribution in [-0.2, 0) is 11.2 Å². The van der Waals surface area contributed by atoms with Crippen molar-refractivity contribution in [2.75, 3.05) is 5.32 Å². The van der Waals surface area contributed by atoms with E-state index in [-0.39, 0.29) is 12.3 Å². The molecular formula is C12H10N4O. The fourth-order valence-electron chi connectivity index (χ4n) is 1.43. The fourth-order valence-corrected chi connectivity index (χ4v) is 1.43. The highest BCUT2D eigenvalue weighted by atomic mass is 16.1. The van der Waals surface area contributed by atoms with Crippen molar-refractivity contribution in [1.82, 2.24) is 9.97 Å². The first-order valence-electron chi connectivity index (χ1n) is 5.05. The monoisotopic (exact) mass is 226 g/mol. The van der Waals surface area contributed by atoms with Crippen molar-refractivity contribution in [3.63, 3.8) is 0 Å². The van der Waals surface area contributed by atoms with E-state index in [0.29, 0.717) is 11.3 Å². The third-order valence-corrected chi connectivity index (χ3v) is 2.18. The molecule has 0 radical (unpaired) electrons. The number of nitrogens with one attached hydrogen (secondary N) is 2. The third kappa shape index (κ3) is 2.92. The number of rotatable bonds is 3. The SMILES string of the molecule is N#Cc1cccc(NC(=O)Cc2cnc[nH]2)c1. The molecule has 1 aromatic carbocycles. The van der Waals surface area contributed by atoms with Crippen molar-refractivity contribution in [3.05, 3.63) is 48.0 Å². The van der Waals surface area contributed by atoms with Crippen LogP contribution in [0, 0.1) is 11.3 Å². The topological polar surface area (TPSA) is 81.6 Å². The lowest BCUT2D eigenvalue weighted by Gasteiger charge is -2.04. The number of hydrogen-bond acceptors (Lipinski definition) is 3. The van der Waals surface area contributed by atoms with Gasteiger partial charge in [0.1, 0.15) is 0 Å². The molecule has 5 heteroatoms. The van der Waals surface area contributed by atoms with Crippen molar-refractivity contribution in [2.24, 2.45) is 0 Å². The van der Waals surface area contributed by atoms with E-state index in [1.807, 2.05) is 6.07 Å². The van der Waals surface area contributed by atoms with Crippen LogP contribution in [0.3, 0.4) is 0 Å². The lowest BCUT2D eigenvalue weighted by molar-refractivity contribution is -0.115. The maximum atomic E-state index is 11.6. The van der Waals surface area contributed by atoms with Gasteiger partial charge in [-0.3, -0.25) is 4.79 Å². The lowest BCUT2D eigenvalue weighted by Crippen LogP contribution is -2.14. The van der Waals surface area contributed by atoms with Crippen molar-refractivity contribution in [3.8, 4) is 6.07 Å². The molecule has 0 fully saturated rings. The van der Waals surface area contributed by atoms with E-state index in [1.54, 1.807) is 30.5 Å². The average molecular weight is 226 g/mol. The number of anilines is 1. The number of aromatic nitrogens is 2. The zero-order valence-corrected chi connectivity index (χ0v) is 8.97. The summed E-state index contributed by atoms with van der Waals surface area (Å²) in [6.45, 7) is 0. The van der Waals surface area contributed by atoms with Crippen molar-refractivity contribution >= 4 is 11.6 Å². The molecule has 1 aromatic heterocycles. The molecule has 17 heavy (non-hydrogen) atoms. The molecule has 0 unspecified atom stereocenters. The second kappa shape index (κ2) is 4.94. The van der Waals surface area contributed by atoms with Crippen molar-refractivity contribution < 1.29 is 4.79 Å². The molecule has 1 amide bonds. The standard InChI is InChI=1S/C12H10N4O/c13-6-9-2-1-3-10(4-9)16-12(17)5-11-7-14-8-15-11/h1-4,7-8H,5H2,(H,14,15)(H,16,17). The number of H-pyrrole nitrogens is 1. The second-order valence-electron chi connectivity index (χ2n) is 3.49. The molecule has 0 bridgehead atoms. The quantitative estimate of drug-likeness (QED) is 0.831. The van der Waals surface area contributed by atoms with Gasteiger partial charge in [0.15, 0.2) is 0 Å². The minimum atomic E-state index is -0.149. The van der Waals surface area contributed by atoms with Gasteiger partial charge >= 0.3 is 0 Å². The van der Waals surface area contributed by atoms with Gasteiger partial charge in [-0.2, -0.15) is 5.26 Å². The van der Waals surface area contributed by atoms with Crippen LogP contribution < -0.4 is 5.32 Å². The molecule has 0 saturated heterocycles. The molecule has 0 saturated carbocycles. The molecule has 84 valence electrons. The van der Waals surface area contributed by atoms with Crippen LogP contribution in [0.15, 0.2) is 36.8 Å². The van der Waals surface area contributed by atoms with Crippen LogP contribution in [0.5, 0.6) is 0 Å². The number of carbonyl (C=O) groups is 1. The number of nitriles is 1. The molecule has 2 rings (SSSR count). The van der Waals surface area contributed by atoms with Gasteiger partial charge < -0.3 is 10.3 Å². The highest BCUT2D eigenvalue weighted by molar-refractivity contribution is 5.92. The molecule has 0 aliphatic rings. The van der Waals surface area contributed by atoms with E-state index < -0.39 is 0 Å². The number of imidazole rings is 1. The summed E-state index contributed by atoms with van der Waals surface area (Å²) >= 11 is 0. The van der Waals surface area contributed by atoms with Gasteiger partial charge in [0, 0.05) is 17.6 Å². The molecule has 0 aliphatic carbocycles. The van der Waals surface area contributed by atoms with Crippen LogP contribution in [0.1, 0.15) is 11.3 Å². The van der Waals surface area contributed by atoms with Gasteiger partial charge in [0.05, 0.1) is 24.4 Å². The van der Waals surface area contributed by atoms with Gasteiger partial charge in [0.25, 0.3) is 0 Å². The molecule has 0 aliphatic heterocycles. The summed E-state index contributed by atoms with van der Waals surface area (Å²) in [5, 5.41) is 11.4. The van der Waals surface area contributed by atoms with Gasteiger partial charge in [0.2, 0.25) is 5.91 Å².